The van der Waals surface area contributed by atoms with E-state index < -0.39 is 0 Å². The molecule has 0 spiro atoms. The van der Waals surface area contributed by atoms with Crippen molar-refractivity contribution in [1.82, 2.24) is 0 Å². The van der Waals surface area contributed by atoms with Crippen molar-refractivity contribution >= 4 is 23.7 Å². The number of carbonyl (C=O) groups is 1. The second-order valence-electron chi connectivity index (χ2n) is 10.2. The fraction of sp³-hybridized carbons (Fsp3) is 0.276. The van der Waals surface area contributed by atoms with Crippen molar-refractivity contribution < 1.29 is 9.90 Å². The van der Waals surface area contributed by atoms with Crippen molar-refractivity contribution in [3.05, 3.63) is 94.0 Å². The number of carbonyl (C=O) groups excluding carboxylic acids is 1. The Morgan fingerprint density at radius 3 is 2.09 bits per heavy atom. The molecule has 0 fully saturated rings. The van der Waals surface area contributed by atoms with E-state index in [2.05, 4.69) is 64.2 Å². The molecule has 4 rings (SSSR count). The number of aryl methyl sites for hydroxylation is 1. The molecular weight excluding hydrogens is 394 g/mol. The molecule has 1 amide bonds. The molecule has 3 heteroatoms. The standard InChI is InChI=1S/C29H31NO2/c1-19-16-25-26(29(4,5)18-28(25,2)3)17-22(19)11-8-20-6-9-21(10-7-20)27(32)30-23-12-14-24(31)15-13-23/h6-17,31H,18H2,1-5H3,(H,30,32). The first-order chi connectivity index (χ1) is 15.0. The second kappa shape index (κ2) is 7.98. The maximum atomic E-state index is 12.5. The largest absolute Gasteiger partial charge is 0.508 e. The average molecular weight is 426 g/mol. The van der Waals surface area contributed by atoms with Gasteiger partial charge in [0.15, 0.2) is 0 Å². The van der Waals surface area contributed by atoms with Gasteiger partial charge in [-0.05, 0) is 88.4 Å². The normalized spacial score (nSPS) is 16.2. The van der Waals surface area contributed by atoms with Gasteiger partial charge in [0.25, 0.3) is 5.91 Å². The number of phenols is 1. The van der Waals surface area contributed by atoms with E-state index in [4.69, 9.17) is 0 Å². The number of phenolic OH excluding ortho intramolecular Hbond substituents is 1. The van der Waals surface area contributed by atoms with Crippen LogP contribution in [0, 0.1) is 6.92 Å². The maximum absolute atomic E-state index is 12.5. The minimum Gasteiger partial charge on any atom is -0.508 e. The Hall–Kier alpha value is -3.33. The zero-order chi connectivity index (χ0) is 23.1. The summed E-state index contributed by atoms with van der Waals surface area (Å²) in [7, 11) is 0. The first-order valence-electron chi connectivity index (χ1n) is 11.1. The molecule has 0 aliphatic heterocycles. The number of rotatable bonds is 4. The third-order valence-electron chi connectivity index (χ3n) is 6.50. The lowest BCUT2D eigenvalue weighted by Crippen LogP contribution is -2.17. The van der Waals surface area contributed by atoms with Gasteiger partial charge >= 0.3 is 0 Å². The van der Waals surface area contributed by atoms with E-state index in [1.165, 1.54) is 22.3 Å². The molecule has 164 valence electrons. The van der Waals surface area contributed by atoms with Crippen LogP contribution in [0.1, 0.15) is 72.3 Å². The average Bonchev–Trinajstić information content (AvgIpc) is 2.91. The second-order valence-corrected chi connectivity index (χ2v) is 10.2. The van der Waals surface area contributed by atoms with Crippen LogP contribution in [0.3, 0.4) is 0 Å². The van der Waals surface area contributed by atoms with Gasteiger partial charge in [-0.15, -0.1) is 0 Å². The molecule has 1 aliphatic carbocycles. The summed E-state index contributed by atoms with van der Waals surface area (Å²) in [6, 6.07) is 18.7. The predicted molar refractivity (Wildman–Crippen MR) is 133 cm³/mol. The quantitative estimate of drug-likeness (QED) is 0.346. The highest BCUT2D eigenvalue weighted by Gasteiger charge is 2.41. The van der Waals surface area contributed by atoms with Gasteiger partial charge < -0.3 is 10.4 Å². The fourth-order valence-corrected chi connectivity index (χ4v) is 5.00. The Kier molecular flexibility index (Phi) is 5.46. The molecule has 2 N–H and O–H groups in total. The molecule has 0 atom stereocenters. The summed E-state index contributed by atoms with van der Waals surface area (Å²) in [6.07, 6.45) is 5.43. The van der Waals surface area contributed by atoms with Crippen molar-refractivity contribution in [1.29, 1.82) is 0 Å². The van der Waals surface area contributed by atoms with Gasteiger partial charge in [-0.25, -0.2) is 0 Å². The first kappa shape index (κ1) is 21.9. The molecule has 3 nitrogen and oxygen atoms in total. The van der Waals surface area contributed by atoms with Crippen LogP contribution in [0.5, 0.6) is 5.75 Å². The van der Waals surface area contributed by atoms with Crippen LogP contribution >= 0.6 is 0 Å². The van der Waals surface area contributed by atoms with E-state index in [1.54, 1.807) is 24.3 Å². The lowest BCUT2D eigenvalue weighted by molar-refractivity contribution is 0.102. The Morgan fingerprint density at radius 2 is 1.47 bits per heavy atom. The van der Waals surface area contributed by atoms with Gasteiger partial charge in [0.1, 0.15) is 5.75 Å². The fourth-order valence-electron chi connectivity index (χ4n) is 5.00. The lowest BCUT2D eigenvalue weighted by atomic mass is 9.82. The number of anilines is 1. The third kappa shape index (κ3) is 4.34. The summed E-state index contributed by atoms with van der Waals surface area (Å²) in [5.41, 5.74) is 8.13. The molecule has 0 heterocycles. The van der Waals surface area contributed by atoms with Crippen LogP contribution in [-0.4, -0.2) is 11.0 Å². The van der Waals surface area contributed by atoms with Gasteiger partial charge in [0, 0.05) is 11.3 Å². The minimum atomic E-state index is -0.175. The van der Waals surface area contributed by atoms with E-state index in [1.807, 2.05) is 24.3 Å². The molecule has 0 unspecified atom stereocenters. The Labute approximate surface area is 190 Å². The predicted octanol–water partition coefficient (Wildman–Crippen LogP) is 7.08. The summed E-state index contributed by atoms with van der Waals surface area (Å²) in [5.74, 6) is -0.00412. The summed E-state index contributed by atoms with van der Waals surface area (Å²) < 4.78 is 0. The summed E-state index contributed by atoms with van der Waals surface area (Å²) in [5, 5.41) is 12.2. The molecule has 3 aromatic carbocycles. The Balaban J connectivity index is 1.51. The van der Waals surface area contributed by atoms with Gasteiger partial charge in [0.05, 0.1) is 0 Å². The molecular formula is C29H31NO2. The summed E-state index contributed by atoms with van der Waals surface area (Å²) in [6.45, 7) is 11.5. The van der Waals surface area contributed by atoms with Gasteiger partial charge in [-0.3, -0.25) is 4.79 Å². The molecule has 1 aliphatic rings. The van der Waals surface area contributed by atoms with Crippen LogP contribution < -0.4 is 5.32 Å². The third-order valence-corrected chi connectivity index (χ3v) is 6.50. The van der Waals surface area contributed by atoms with Crippen LogP contribution in [0.4, 0.5) is 5.69 Å². The minimum absolute atomic E-state index is 0.171. The SMILES string of the molecule is Cc1cc2c(cc1C=Cc1ccc(C(=O)Nc3ccc(O)cc3)cc1)C(C)(C)CC2(C)C. The van der Waals surface area contributed by atoms with E-state index in [0.29, 0.717) is 11.3 Å². The van der Waals surface area contributed by atoms with Crippen molar-refractivity contribution in [2.24, 2.45) is 0 Å². The van der Waals surface area contributed by atoms with Crippen molar-refractivity contribution in [2.45, 2.75) is 51.9 Å². The highest BCUT2D eigenvalue weighted by Crippen LogP contribution is 2.50. The van der Waals surface area contributed by atoms with Gasteiger partial charge in [0.2, 0.25) is 0 Å². The topological polar surface area (TPSA) is 49.3 Å². The van der Waals surface area contributed by atoms with Crippen molar-refractivity contribution in [2.75, 3.05) is 5.32 Å². The van der Waals surface area contributed by atoms with Crippen molar-refractivity contribution in [3.8, 4) is 5.75 Å². The van der Waals surface area contributed by atoms with Crippen molar-refractivity contribution in [3.63, 3.8) is 0 Å². The number of amides is 1. The van der Waals surface area contributed by atoms with E-state index in [0.717, 1.165) is 12.0 Å². The van der Waals surface area contributed by atoms with Crippen LogP contribution in [0.25, 0.3) is 12.2 Å². The molecule has 0 radical (unpaired) electrons. The maximum Gasteiger partial charge on any atom is 0.255 e. The number of fused-ring (bicyclic) bond motifs is 1. The summed E-state index contributed by atoms with van der Waals surface area (Å²) in [4.78, 5) is 12.5. The zero-order valence-electron chi connectivity index (χ0n) is 19.5. The number of benzene rings is 3. The molecule has 3 aromatic rings. The molecule has 0 saturated heterocycles. The zero-order valence-corrected chi connectivity index (χ0v) is 19.5. The Morgan fingerprint density at radius 1 is 0.875 bits per heavy atom. The van der Waals surface area contributed by atoms with Gasteiger partial charge in [-0.2, -0.15) is 0 Å². The monoisotopic (exact) mass is 425 g/mol. The highest BCUT2D eigenvalue weighted by atomic mass is 16.3. The van der Waals surface area contributed by atoms with E-state index >= 15 is 0 Å². The Bertz CT molecular complexity index is 1180. The van der Waals surface area contributed by atoms with E-state index in [-0.39, 0.29) is 22.5 Å². The molecule has 0 bridgehead atoms. The lowest BCUT2D eigenvalue weighted by Gasteiger charge is -2.22. The number of aromatic hydroxyl groups is 1. The van der Waals surface area contributed by atoms with Gasteiger partial charge in [-0.1, -0.05) is 64.1 Å². The molecule has 0 saturated carbocycles. The molecule has 0 aromatic heterocycles. The molecule has 32 heavy (non-hydrogen) atoms. The smallest absolute Gasteiger partial charge is 0.255 e. The van der Waals surface area contributed by atoms with Crippen LogP contribution in [0.15, 0.2) is 60.7 Å². The first-order valence-corrected chi connectivity index (χ1v) is 11.1. The number of hydrogen-bond donors (Lipinski definition) is 2. The van der Waals surface area contributed by atoms with Crippen LogP contribution in [-0.2, 0) is 10.8 Å². The van der Waals surface area contributed by atoms with Crippen LogP contribution in [0.2, 0.25) is 0 Å². The van der Waals surface area contributed by atoms with E-state index in [9.17, 15) is 9.90 Å². The number of nitrogens with one attached hydrogen (secondary N) is 1. The number of hydrogen-bond acceptors (Lipinski definition) is 2. The highest BCUT2D eigenvalue weighted by molar-refractivity contribution is 6.04. The summed E-state index contributed by atoms with van der Waals surface area (Å²) >= 11 is 0.